The van der Waals surface area contributed by atoms with E-state index in [-0.39, 0.29) is 5.12 Å². The molecule has 0 amide bonds. The fourth-order valence-electron chi connectivity index (χ4n) is 1.88. The van der Waals surface area contributed by atoms with Crippen LogP contribution in [0.5, 0.6) is 0 Å². The van der Waals surface area contributed by atoms with E-state index in [9.17, 15) is 4.79 Å². The van der Waals surface area contributed by atoms with Gasteiger partial charge in [0.15, 0.2) is 5.12 Å². The minimum Gasteiger partial charge on any atom is -0.319 e. The Morgan fingerprint density at radius 2 is 1.67 bits per heavy atom. The molecule has 1 aliphatic rings. The quantitative estimate of drug-likeness (QED) is 0.670. The number of hydrogen-bond acceptors (Lipinski definition) is 2. The molecule has 0 bridgehead atoms. The number of thioether (sulfide) groups is 1. The maximum absolute atomic E-state index is 10.8. The first kappa shape index (κ1) is 13.0. The maximum atomic E-state index is 10.8. The highest BCUT2D eigenvalue weighted by Gasteiger charge is 2.33. The summed E-state index contributed by atoms with van der Waals surface area (Å²) in [6.07, 6.45) is 0. The Hall–Kier alpha value is -0.0600. The van der Waals surface area contributed by atoms with E-state index >= 15 is 0 Å². The van der Waals surface area contributed by atoms with Gasteiger partial charge in [0, 0.05) is 6.92 Å². The number of carbonyl (C=O) groups excluding carboxylic acids is 1. The van der Waals surface area contributed by atoms with Crippen molar-refractivity contribution in [3.05, 3.63) is 0 Å². The van der Waals surface area contributed by atoms with Gasteiger partial charge in [-0.1, -0.05) is 11.8 Å². The molecule has 1 aliphatic heterocycles. The Morgan fingerprint density at radius 3 is 2.13 bits per heavy atom. The highest BCUT2D eigenvalue weighted by atomic mass is 32.2. The number of quaternary nitrogens is 2. The molecule has 0 spiro atoms. The predicted octanol–water partition coefficient (Wildman–Crippen LogP) is 0.803. The number of hydrogen-bond donors (Lipinski definition) is 0. The lowest BCUT2D eigenvalue weighted by Gasteiger charge is -2.44. The van der Waals surface area contributed by atoms with Crippen molar-refractivity contribution in [2.75, 3.05) is 59.6 Å². The van der Waals surface area contributed by atoms with Gasteiger partial charge in [0.2, 0.25) is 0 Å². The summed E-state index contributed by atoms with van der Waals surface area (Å²) < 4.78 is 2.29. The SMILES string of the molecule is CC(=O)SCC[N+]1(C)CC[N+](C)(C)CC1. The number of likely N-dealkylation sites (N-methyl/N-ethyl adjacent to an activating group) is 2. The van der Waals surface area contributed by atoms with Crippen molar-refractivity contribution < 1.29 is 13.8 Å². The molecular weight excluding hydrogens is 208 g/mol. The second-order valence-electron chi connectivity index (χ2n) is 5.51. The van der Waals surface area contributed by atoms with Crippen LogP contribution in [-0.4, -0.2) is 73.7 Å². The van der Waals surface area contributed by atoms with Crippen LogP contribution < -0.4 is 0 Å². The predicted molar refractivity (Wildman–Crippen MR) is 65.8 cm³/mol. The van der Waals surface area contributed by atoms with Gasteiger partial charge < -0.3 is 8.97 Å². The van der Waals surface area contributed by atoms with Crippen molar-refractivity contribution in [1.82, 2.24) is 0 Å². The van der Waals surface area contributed by atoms with Gasteiger partial charge in [-0.05, 0) is 0 Å². The molecule has 1 saturated heterocycles. The van der Waals surface area contributed by atoms with Gasteiger partial charge in [-0.2, -0.15) is 0 Å². The molecule has 1 rings (SSSR count). The van der Waals surface area contributed by atoms with E-state index in [0.717, 1.165) is 21.3 Å². The molecule has 0 atom stereocenters. The first-order valence-corrected chi connectivity index (χ1v) is 6.61. The van der Waals surface area contributed by atoms with Crippen molar-refractivity contribution in [1.29, 1.82) is 0 Å². The summed E-state index contributed by atoms with van der Waals surface area (Å²) >= 11 is 1.46. The first-order valence-electron chi connectivity index (χ1n) is 5.62. The largest absolute Gasteiger partial charge is 0.319 e. The topological polar surface area (TPSA) is 17.1 Å². The van der Waals surface area contributed by atoms with E-state index in [1.54, 1.807) is 6.92 Å². The minimum absolute atomic E-state index is 0.245. The molecule has 1 fully saturated rings. The third-order valence-electron chi connectivity index (χ3n) is 3.43. The van der Waals surface area contributed by atoms with E-state index in [1.165, 1.54) is 37.9 Å². The number of piperazine rings is 1. The Morgan fingerprint density at radius 1 is 1.13 bits per heavy atom. The Labute approximate surface area is 97.6 Å². The summed E-state index contributed by atoms with van der Waals surface area (Å²) in [5, 5.41) is 0.245. The smallest absolute Gasteiger partial charge is 0.186 e. The molecule has 0 aromatic heterocycles. The van der Waals surface area contributed by atoms with Gasteiger partial charge in [-0.25, -0.2) is 0 Å². The average Bonchev–Trinajstić information content (AvgIpc) is 2.11. The van der Waals surface area contributed by atoms with Gasteiger partial charge in [0.25, 0.3) is 0 Å². The summed E-state index contributed by atoms with van der Waals surface area (Å²) in [5.74, 6) is 0.971. The summed E-state index contributed by atoms with van der Waals surface area (Å²) in [7, 11) is 6.92. The van der Waals surface area contributed by atoms with Crippen molar-refractivity contribution in [2.24, 2.45) is 0 Å². The van der Waals surface area contributed by atoms with Crippen LogP contribution in [0.1, 0.15) is 6.92 Å². The highest BCUT2D eigenvalue weighted by molar-refractivity contribution is 8.13. The lowest BCUT2D eigenvalue weighted by Crippen LogP contribution is -2.62. The fraction of sp³-hybridized carbons (Fsp3) is 0.909. The van der Waals surface area contributed by atoms with Gasteiger partial charge in [-0.15, -0.1) is 0 Å². The van der Waals surface area contributed by atoms with E-state index in [4.69, 9.17) is 0 Å². The highest BCUT2D eigenvalue weighted by Crippen LogP contribution is 2.15. The molecule has 0 radical (unpaired) electrons. The van der Waals surface area contributed by atoms with Crippen molar-refractivity contribution in [2.45, 2.75) is 6.92 Å². The molecule has 1 heterocycles. The van der Waals surface area contributed by atoms with E-state index in [1.807, 2.05) is 0 Å². The molecule has 0 saturated carbocycles. The molecule has 4 heteroatoms. The molecule has 0 aliphatic carbocycles. The van der Waals surface area contributed by atoms with Crippen molar-refractivity contribution in [3.63, 3.8) is 0 Å². The van der Waals surface area contributed by atoms with Crippen molar-refractivity contribution >= 4 is 16.9 Å². The lowest BCUT2D eigenvalue weighted by molar-refractivity contribution is -1.01. The molecule has 0 aromatic carbocycles. The molecular formula is C11H24N2OS+2. The Bertz CT molecular complexity index is 231. The van der Waals surface area contributed by atoms with Crippen LogP contribution in [0.3, 0.4) is 0 Å². The van der Waals surface area contributed by atoms with Crippen molar-refractivity contribution in [3.8, 4) is 0 Å². The normalized spacial score (nSPS) is 23.7. The van der Waals surface area contributed by atoms with E-state index in [2.05, 4.69) is 21.1 Å². The molecule has 15 heavy (non-hydrogen) atoms. The van der Waals surface area contributed by atoms with Gasteiger partial charge in [0.1, 0.15) is 26.2 Å². The standard InChI is InChI=1S/C11H24N2OS/c1-11(14)15-10-9-13(4)7-5-12(2,3)6-8-13/h5-10H2,1-4H3/q+2. The van der Waals surface area contributed by atoms with Gasteiger partial charge in [-0.3, -0.25) is 4.79 Å². The van der Waals surface area contributed by atoms with Gasteiger partial charge >= 0.3 is 0 Å². The van der Waals surface area contributed by atoms with Crippen LogP contribution in [-0.2, 0) is 4.79 Å². The van der Waals surface area contributed by atoms with Crippen LogP contribution >= 0.6 is 11.8 Å². The van der Waals surface area contributed by atoms with Crippen LogP contribution in [0.25, 0.3) is 0 Å². The molecule has 0 N–H and O–H groups in total. The molecule has 88 valence electrons. The first-order chi connectivity index (χ1) is 6.83. The summed E-state index contributed by atoms with van der Waals surface area (Å²) in [5.41, 5.74) is 0. The summed E-state index contributed by atoms with van der Waals surface area (Å²) in [6.45, 7) is 7.77. The molecule has 0 unspecified atom stereocenters. The number of nitrogens with zero attached hydrogens (tertiary/aromatic N) is 2. The number of rotatable bonds is 3. The second-order valence-corrected chi connectivity index (χ2v) is 6.79. The van der Waals surface area contributed by atoms with Gasteiger partial charge in [0.05, 0.1) is 33.4 Å². The van der Waals surface area contributed by atoms with Crippen LogP contribution in [0.2, 0.25) is 0 Å². The lowest BCUT2D eigenvalue weighted by atomic mass is 10.2. The summed E-state index contributed by atoms with van der Waals surface area (Å²) in [4.78, 5) is 10.8. The molecule has 0 aromatic rings. The zero-order valence-electron chi connectivity index (χ0n) is 10.5. The third-order valence-corrected chi connectivity index (χ3v) is 4.22. The Balaban J connectivity index is 2.32. The number of carbonyl (C=O) groups is 1. The third kappa shape index (κ3) is 4.53. The van der Waals surface area contributed by atoms with Crippen LogP contribution in [0.4, 0.5) is 0 Å². The maximum Gasteiger partial charge on any atom is 0.186 e. The molecule has 3 nitrogen and oxygen atoms in total. The van der Waals surface area contributed by atoms with E-state index < -0.39 is 0 Å². The Kier molecular flexibility index (Phi) is 4.20. The fourth-order valence-corrected chi connectivity index (χ4v) is 2.70. The minimum atomic E-state index is 0.245. The average molecular weight is 232 g/mol. The van der Waals surface area contributed by atoms with Crippen LogP contribution in [0, 0.1) is 0 Å². The van der Waals surface area contributed by atoms with Crippen LogP contribution in [0.15, 0.2) is 0 Å². The zero-order chi connectivity index (χ0) is 11.5. The summed E-state index contributed by atoms with van der Waals surface area (Å²) in [6, 6.07) is 0. The monoisotopic (exact) mass is 232 g/mol. The van der Waals surface area contributed by atoms with E-state index in [0.29, 0.717) is 0 Å². The second kappa shape index (κ2) is 4.85. The zero-order valence-corrected chi connectivity index (χ0v) is 11.3.